The topological polar surface area (TPSA) is 94.3 Å². The third kappa shape index (κ3) is 4.09. The van der Waals surface area contributed by atoms with Crippen LogP contribution < -0.4 is 16.8 Å². The minimum atomic E-state index is -0.210. The van der Waals surface area contributed by atoms with Crippen molar-refractivity contribution in [1.82, 2.24) is 5.32 Å². The van der Waals surface area contributed by atoms with Crippen LogP contribution in [0.4, 0.5) is 0 Å². The summed E-state index contributed by atoms with van der Waals surface area (Å²) in [6, 6.07) is 7.26. The van der Waals surface area contributed by atoms with Crippen LogP contribution in [-0.2, 0) is 0 Å². The minimum absolute atomic E-state index is 0.210. The van der Waals surface area contributed by atoms with Gasteiger partial charge < -0.3 is 21.2 Å². The summed E-state index contributed by atoms with van der Waals surface area (Å²) in [5, 5.41) is 3.66. The SMILES string of the molecule is NCC#Cc1ccc2oc(C(=O)NCCCCN)cc2c1. The summed E-state index contributed by atoms with van der Waals surface area (Å²) in [4.78, 5) is 12.0. The zero-order valence-electron chi connectivity index (χ0n) is 11.8. The molecule has 0 saturated carbocycles. The maximum atomic E-state index is 12.0. The lowest BCUT2D eigenvalue weighted by Crippen LogP contribution is -2.24. The summed E-state index contributed by atoms with van der Waals surface area (Å²) in [6.45, 7) is 1.55. The van der Waals surface area contributed by atoms with Crippen LogP contribution in [0.1, 0.15) is 29.0 Å². The fourth-order valence-corrected chi connectivity index (χ4v) is 1.94. The van der Waals surface area contributed by atoms with Gasteiger partial charge in [-0.05, 0) is 43.7 Å². The second kappa shape index (κ2) is 7.48. The quantitative estimate of drug-likeness (QED) is 0.568. The lowest BCUT2D eigenvalue weighted by Gasteiger charge is -2.01. The third-order valence-electron chi connectivity index (χ3n) is 2.99. The molecule has 5 heteroatoms. The molecule has 21 heavy (non-hydrogen) atoms. The largest absolute Gasteiger partial charge is 0.451 e. The van der Waals surface area contributed by atoms with E-state index >= 15 is 0 Å². The lowest BCUT2D eigenvalue weighted by molar-refractivity contribution is 0.0927. The van der Waals surface area contributed by atoms with Gasteiger partial charge in [-0.25, -0.2) is 0 Å². The molecule has 110 valence electrons. The second-order valence-electron chi connectivity index (χ2n) is 4.62. The van der Waals surface area contributed by atoms with Crippen molar-refractivity contribution in [3.8, 4) is 11.8 Å². The van der Waals surface area contributed by atoms with Gasteiger partial charge in [-0.15, -0.1) is 0 Å². The maximum absolute atomic E-state index is 12.0. The molecule has 0 atom stereocenters. The van der Waals surface area contributed by atoms with Crippen LogP contribution in [0, 0.1) is 11.8 Å². The van der Waals surface area contributed by atoms with E-state index in [4.69, 9.17) is 15.9 Å². The molecule has 1 aromatic carbocycles. The van der Waals surface area contributed by atoms with E-state index in [1.807, 2.05) is 12.1 Å². The van der Waals surface area contributed by atoms with Crippen LogP contribution in [0.15, 0.2) is 28.7 Å². The Hall–Kier alpha value is -2.29. The van der Waals surface area contributed by atoms with E-state index in [0.29, 0.717) is 31.0 Å². The molecular weight excluding hydrogens is 266 g/mol. The van der Waals surface area contributed by atoms with Crippen LogP contribution in [0.5, 0.6) is 0 Å². The molecule has 0 bridgehead atoms. The monoisotopic (exact) mass is 285 g/mol. The fraction of sp³-hybridized carbons (Fsp3) is 0.312. The Bertz CT molecular complexity index is 680. The Morgan fingerprint density at radius 2 is 2.10 bits per heavy atom. The van der Waals surface area contributed by atoms with E-state index in [2.05, 4.69) is 17.2 Å². The molecule has 0 spiro atoms. The highest BCUT2D eigenvalue weighted by molar-refractivity contribution is 5.96. The number of fused-ring (bicyclic) bond motifs is 1. The average molecular weight is 285 g/mol. The van der Waals surface area contributed by atoms with E-state index in [1.165, 1.54) is 0 Å². The van der Waals surface area contributed by atoms with Gasteiger partial charge in [-0.1, -0.05) is 11.8 Å². The summed E-state index contributed by atoms with van der Waals surface area (Å²) >= 11 is 0. The third-order valence-corrected chi connectivity index (χ3v) is 2.99. The Morgan fingerprint density at radius 1 is 1.24 bits per heavy atom. The number of unbranched alkanes of at least 4 members (excludes halogenated alkanes) is 1. The molecule has 1 amide bonds. The van der Waals surface area contributed by atoms with Crippen LogP contribution in [0.2, 0.25) is 0 Å². The molecule has 0 unspecified atom stereocenters. The number of benzene rings is 1. The van der Waals surface area contributed by atoms with Gasteiger partial charge >= 0.3 is 0 Å². The van der Waals surface area contributed by atoms with Gasteiger partial charge in [0, 0.05) is 17.5 Å². The Balaban J connectivity index is 2.09. The summed E-state index contributed by atoms with van der Waals surface area (Å²) in [5.41, 5.74) is 12.3. The van der Waals surface area contributed by atoms with E-state index in [0.717, 1.165) is 23.8 Å². The second-order valence-corrected chi connectivity index (χ2v) is 4.62. The molecule has 5 nitrogen and oxygen atoms in total. The number of carbonyl (C=O) groups excluding carboxylic acids is 1. The average Bonchev–Trinajstić information content (AvgIpc) is 2.92. The van der Waals surface area contributed by atoms with Crippen molar-refractivity contribution in [2.24, 2.45) is 11.5 Å². The van der Waals surface area contributed by atoms with Crippen LogP contribution in [0.3, 0.4) is 0 Å². The fourth-order valence-electron chi connectivity index (χ4n) is 1.94. The van der Waals surface area contributed by atoms with Crippen molar-refractivity contribution >= 4 is 16.9 Å². The Kier molecular flexibility index (Phi) is 5.38. The molecular formula is C16H19N3O2. The first-order valence-electron chi connectivity index (χ1n) is 6.95. The molecule has 0 fully saturated rings. The number of hydrogen-bond acceptors (Lipinski definition) is 4. The summed E-state index contributed by atoms with van der Waals surface area (Å²) < 4.78 is 5.54. The van der Waals surface area contributed by atoms with E-state index < -0.39 is 0 Å². The number of furan rings is 1. The highest BCUT2D eigenvalue weighted by atomic mass is 16.3. The first-order chi connectivity index (χ1) is 10.2. The first-order valence-corrected chi connectivity index (χ1v) is 6.95. The van der Waals surface area contributed by atoms with Crippen molar-refractivity contribution in [3.63, 3.8) is 0 Å². The molecule has 0 aliphatic rings. The van der Waals surface area contributed by atoms with Gasteiger partial charge in [-0.2, -0.15) is 0 Å². The van der Waals surface area contributed by atoms with Crippen molar-refractivity contribution in [1.29, 1.82) is 0 Å². The molecule has 2 rings (SSSR count). The summed E-state index contributed by atoms with van der Waals surface area (Å²) in [7, 11) is 0. The summed E-state index contributed by atoms with van der Waals surface area (Å²) in [6.07, 6.45) is 1.75. The van der Waals surface area contributed by atoms with E-state index in [-0.39, 0.29) is 5.91 Å². The molecule has 0 aliphatic carbocycles. The van der Waals surface area contributed by atoms with E-state index in [9.17, 15) is 4.79 Å². The number of nitrogens with one attached hydrogen (secondary N) is 1. The van der Waals surface area contributed by atoms with Gasteiger partial charge in [0.2, 0.25) is 0 Å². The number of nitrogens with two attached hydrogens (primary N) is 2. The molecule has 2 aromatic rings. The molecule has 0 aliphatic heterocycles. The number of rotatable bonds is 5. The molecule has 5 N–H and O–H groups in total. The van der Waals surface area contributed by atoms with Gasteiger partial charge in [0.15, 0.2) is 5.76 Å². The molecule has 1 heterocycles. The molecule has 1 aromatic heterocycles. The van der Waals surface area contributed by atoms with Crippen LogP contribution in [0.25, 0.3) is 11.0 Å². The maximum Gasteiger partial charge on any atom is 0.287 e. The van der Waals surface area contributed by atoms with Gasteiger partial charge in [0.1, 0.15) is 5.58 Å². The van der Waals surface area contributed by atoms with Gasteiger partial charge in [-0.3, -0.25) is 4.79 Å². The number of hydrogen-bond donors (Lipinski definition) is 3. The standard InChI is InChI=1S/C16H19N3O2/c17-7-1-2-9-19-16(20)15-11-13-10-12(4-3-8-18)5-6-14(13)21-15/h5-6,10-11H,1-2,7-9,17-18H2,(H,19,20). The van der Waals surface area contributed by atoms with Gasteiger partial charge in [0.05, 0.1) is 6.54 Å². The number of carbonyl (C=O) groups is 1. The van der Waals surface area contributed by atoms with E-state index in [1.54, 1.807) is 12.1 Å². The van der Waals surface area contributed by atoms with Crippen LogP contribution in [-0.4, -0.2) is 25.5 Å². The Labute approximate surface area is 123 Å². The smallest absolute Gasteiger partial charge is 0.287 e. The van der Waals surface area contributed by atoms with Crippen molar-refractivity contribution < 1.29 is 9.21 Å². The zero-order valence-corrected chi connectivity index (χ0v) is 11.8. The highest BCUT2D eigenvalue weighted by Crippen LogP contribution is 2.20. The molecule has 0 saturated heterocycles. The van der Waals surface area contributed by atoms with Crippen LogP contribution >= 0.6 is 0 Å². The zero-order chi connectivity index (χ0) is 15.1. The van der Waals surface area contributed by atoms with Crippen molar-refractivity contribution in [2.75, 3.05) is 19.6 Å². The predicted molar refractivity (Wildman–Crippen MR) is 82.8 cm³/mol. The normalized spacial score (nSPS) is 10.2. The van der Waals surface area contributed by atoms with Crippen molar-refractivity contribution in [2.45, 2.75) is 12.8 Å². The van der Waals surface area contributed by atoms with Crippen molar-refractivity contribution in [3.05, 3.63) is 35.6 Å². The summed E-state index contributed by atoms with van der Waals surface area (Å²) in [5.74, 6) is 5.85. The van der Waals surface area contributed by atoms with Gasteiger partial charge in [0.25, 0.3) is 5.91 Å². The Morgan fingerprint density at radius 3 is 2.86 bits per heavy atom. The highest BCUT2D eigenvalue weighted by Gasteiger charge is 2.11. The lowest BCUT2D eigenvalue weighted by atomic mass is 10.1. The minimum Gasteiger partial charge on any atom is -0.451 e. The molecule has 0 radical (unpaired) electrons. The predicted octanol–water partition coefficient (Wildman–Crippen LogP) is 1.21. The first kappa shape index (κ1) is 15.1. The number of amides is 1.